The van der Waals surface area contributed by atoms with E-state index >= 15 is 0 Å². The highest BCUT2D eigenvalue weighted by Gasteiger charge is 2.41. The van der Waals surface area contributed by atoms with Crippen LogP contribution in [0.2, 0.25) is 0 Å². The number of likely N-dealkylation sites (tertiary alicyclic amines) is 1. The second-order valence-corrected chi connectivity index (χ2v) is 6.47. The molecule has 1 aliphatic heterocycles. The first-order valence-electron chi connectivity index (χ1n) is 6.95. The molecule has 1 saturated heterocycles. The first kappa shape index (κ1) is 13.5. The van der Waals surface area contributed by atoms with Crippen LogP contribution in [0, 0.1) is 5.41 Å². The Labute approximate surface area is 109 Å². The maximum Gasteiger partial charge on any atom is 0.229 e. The highest BCUT2D eigenvalue weighted by molar-refractivity contribution is 5.98. The molecule has 0 atom stereocenters. The minimum absolute atomic E-state index is 0.0316. The van der Waals surface area contributed by atoms with Crippen molar-refractivity contribution in [3.8, 4) is 0 Å². The first-order chi connectivity index (χ1) is 8.43. The monoisotopic (exact) mass is 252 g/mol. The van der Waals surface area contributed by atoms with Gasteiger partial charge < -0.3 is 5.32 Å². The van der Waals surface area contributed by atoms with Crippen molar-refractivity contribution in [3.05, 3.63) is 0 Å². The number of hydrogen-bond acceptors (Lipinski definition) is 3. The predicted octanol–water partition coefficient (Wildman–Crippen LogP) is 1.69. The number of hydrogen-bond donors (Lipinski definition) is 1. The average molecular weight is 252 g/mol. The Balaban J connectivity index is 2.01. The van der Waals surface area contributed by atoms with Crippen molar-refractivity contribution < 1.29 is 9.59 Å². The molecule has 0 aromatic carbocycles. The summed E-state index contributed by atoms with van der Waals surface area (Å²) in [5.41, 5.74) is -0.160. The van der Waals surface area contributed by atoms with Crippen LogP contribution < -0.4 is 5.32 Å². The highest BCUT2D eigenvalue weighted by Crippen LogP contribution is 2.35. The van der Waals surface area contributed by atoms with Crippen LogP contribution in [0.5, 0.6) is 0 Å². The number of carbonyl (C=O) groups is 2. The Morgan fingerprint density at radius 1 is 1.06 bits per heavy atom. The van der Waals surface area contributed by atoms with E-state index in [9.17, 15) is 9.59 Å². The maximum absolute atomic E-state index is 12.2. The third kappa shape index (κ3) is 2.74. The summed E-state index contributed by atoms with van der Waals surface area (Å²) in [5.74, 6) is 0.0633. The van der Waals surface area contributed by atoms with Gasteiger partial charge in [0.05, 0.1) is 0 Å². The van der Waals surface area contributed by atoms with Gasteiger partial charge in [-0.05, 0) is 38.1 Å². The largest absolute Gasteiger partial charge is 0.317 e. The van der Waals surface area contributed by atoms with Crippen LogP contribution in [0.25, 0.3) is 0 Å². The van der Waals surface area contributed by atoms with Crippen LogP contribution in [-0.2, 0) is 9.59 Å². The lowest BCUT2D eigenvalue weighted by Crippen LogP contribution is -2.52. The molecule has 4 nitrogen and oxygen atoms in total. The van der Waals surface area contributed by atoms with Crippen molar-refractivity contribution in [1.29, 1.82) is 0 Å². The lowest BCUT2D eigenvalue weighted by atomic mass is 9.80. The van der Waals surface area contributed by atoms with E-state index in [-0.39, 0.29) is 23.3 Å². The summed E-state index contributed by atoms with van der Waals surface area (Å²) < 4.78 is 0. The summed E-state index contributed by atoms with van der Waals surface area (Å²) in [6, 6.07) is 0.693. The normalized spacial score (nSPS) is 32.7. The molecular formula is C14H24N2O2. The van der Waals surface area contributed by atoms with Crippen molar-refractivity contribution in [1.82, 2.24) is 10.2 Å². The molecule has 2 aliphatic rings. The summed E-state index contributed by atoms with van der Waals surface area (Å²) in [4.78, 5) is 25.9. The lowest BCUT2D eigenvalue weighted by molar-refractivity contribution is -0.156. The second-order valence-electron chi connectivity index (χ2n) is 6.47. The summed E-state index contributed by atoms with van der Waals surface area (Å²) in [6.07, 6.45) is 5.02. The van der Waals surface area contributed by atoms with Crippen molar-refractivity contribution >= 4 is 11.8 Å². The van der Waals surface area contributed by atoms with E-state index in [1.54, 1.807) is 4.90 Å². The van der Waals surface area contributed by atoms with E-state index < -0.39 is 0 Å². The zero-order valence-electron chi connectivity index (χ0n) is 11.7. The molecule has 1 heterocycles. The average Bonchev–Trinajstić information content (AvgIpc) is 2.27. The van der Waals surface area contributed by atoms with Gasteiger partial charge in [0, 0.05) is 24.9 Å². The van der Waals surface area contributed by atoms with Crippen molar-refractivity contribution in [2.45, 2.75) is 64.5 Å². The molecular weight excluding hydrogens is 228 g/mol. The number of amides is 2. The molecule has 18 heavy (non-hydrogen) atoms. The fourth-order valence-electron chi connectivity index (χ4n) is 3.22. The van der Waals surface area contributed by atoms with E-state index in [0.717, 1.165) is 25.7 Å². The molecule has 1 N–H and O–H groups in total. The molecule has 0 aromatic heterocycles. The summed E-state index contributed by atoms with van der Waals surface area (Å²) >= 11 is 0. The number of rotatable bonds is 2. The molecule has 1 aliphatic carbocycles. The van der Waals surface area contributed by atoms with Gasteiger partial charge in [0.15, 0.2) is 0 Å². The molecule has 102 valence electrons. The van der Waals surface area contributed by atoms with Crippen LogP contribution in [0.4, 0.5) is 0 Å². The molecule has 0 unspecified atom stereocenters. The fraction of sp³-hybridized carbons (Fsp3) is 0.857. The van der Waals surface area contributed by atoms with E-state index in [2.05, 4.69) is 5.32 Å². The molecule has 0 radical (unpaired) electrons. The summed E-state index contributed by atoms with van der Waals surface area (Å²) in [6.45, 7) is 4.00. The van der Waals surface area contributed by atoms with Crippen molar-refractivity contribution in [2.75, 3.05) is 7.05 Å². The molecule has 2 rings (SSSR count). The van der Waals surface area contributed by atoms with Gasteiger partial charge in [-0.1, -0.05) is 13.8 Å². The van der Waals surface area contributed by atoms with Gasteiger partial charge >= 0.3 is 0 Å². The number of nitrogens with zero attached hydrogens (tertiary/aromatic N) is 1. The van der Waals surface area contributed by atoms with Crippen LogP contribution in [0.1, 0.15) is 52.4 Å². The topological polar surface area (TPSA) is 49.4 Å². The Morgan fingerprint density at radius 2 is 1.56 bits per heavy atom. The highest BCUT2D eigenvalue weighted by atomic mass is 16.2. The summed E-state index contributed by atoms with van der Waals surface area (Å²) in [7, 11) is 1.98. The second kappa shape index (κ2) is 5.00. The lowest BCUT2D eigenvalue weighted by Gasteiger charge is -2.41. The molecule has 2 amide bonds. The molecule has 0 spiro atoms. The number of nitrogens with one attached hydrogen (secondary N) is 1. The third-order valence-electron chi connectivity index (χ3n) is 4.27. The molecule has 4 heteroatoms. The first-order valence-corrected chi connectivity index (χ1v) is 6.95. The summed E-state index contributed by atoms with van der Waals surface area (Å²) in [5, 5.41) is 3.27. The van der Waals surface area contributed by atoms with Crippen LogP contribution in [0.15, 0.2) is 0 Å². The Morgan fingerprint density at radius 3 is 2.00 bits per heavy atom. The van der Waals surface area contributed by atoms with Gasteiger partial charge in [-0.15, -0.1) is 0 Å². The molecule has 1 saturated carbocycles. The third-order valence-corrected chi connectivity index (χ3v) is 4.27. The predicted molar refractivity (Wildman–Crippen MR) is 70.0 cm³/mol. The van der Waals surface area contributed by atoms with Gasteiger partial charge in [-0.2, -0.15) is 0 Å². The van der Waals surface area contributed by atoms with E-state index in [0.29, 0.717) is 18.9 Å². The van der Waals surface area contributed by atoms with E-state index in [1.807, 2.05) is 20.9 Å². The molecule has 0 bridgehead atoms. The standard InChI is InChI=1S/C14H24N2O2/c1-14(2)8-12(17)16(13(18)9-14)11-6-4-10(15-3)5-7-11/h10-11,15H,4-9H2,1-3H3. The van der Waals surface area contributed by atoms with Crippen molar-refractivity contribution in [2.24, 2.45) is 5.41 Å². The zero-order chi connectivity index (χ0) is 13.3. The Kier molecular flexibility index (Phi) is 3.76. The number of piperidine rings is 1. The molecule has 2 fully saturated rings. The van der Waals surface area contributed by atoms with Gasteiger partial charge in [0.2, 0.25) is 11.8 Å². The Hall–Kier alpha value is -0.900. The van der Waals surface area contributed by atoms with Gasteiger partial charge in [0.1, 0.15) is 0 Å². The van der Waals surface area contributed by atoms with Crippen LogP contribution in [0.3, 0.4) is 0 Å². The number of imide groups is 1. The Bertz CT molecular complexity index is 324. The SMILES string of the molecule is CNC1CCC(N2C(=O)CC(C)(C)CC2=O)CC1. The van der Waals surface area contributed by atoms with E-state index in [1.165, 1.54) is 0 Å². The van der Waals surface area contributed by atoms with Crippen LogP contribution >= 0.6 is 0 Å². The van der Waals surface area contributed by atoms with E-state index in [4.69, 9.17) is 0 Å². The minimum Gasteiger partial charge on any atom is -0.317 e. The quantitative estimate of drug-likeness (QED) is 0.761. The van der Waals surface area contributed by atoms with Gasteiger partial charge in [-0.25, -0.2) is 0 Å². The molecule has 0 aromatic rings. The van der Waals surface area contributed by atoms with Crippen molar-refractivity contribution in [3.63, 3.8) is 0 Å². The fourth-order valence-corrected chi connectivity index (χ4v) is 3.22. The smallest absolute Gasteiger partial charge is 0.229 e. The maximum atomic E-state index is 12.2. The van der Waals surface area contributed by atoms with Gasteiger partial charge in [0.25, 0.3) is 0 Å². The zero-order valence-corrected chi connectivity index (χ0v) is 11.7. The minimum atomic E-state index is -0.160. The van der Waals surface area contributed by atoms with Crippen LogP contribution in [-0.4, -0.2) is 35.8 Å². The van der Waals surface area contributed by atoms with Gasteiger partial charge in [-0.3, -0.25) is 14.5 Å². The number of carbonyl (C=O) groups excluding carboxylic acids is 2.